The highest BCUT2D eigenvalue weighted by Crippen LogP contribution is 2.35. The van der Waals surface area contributed by atoms with Crippen LogP contribution in [0.25, 0.3) is 0 Å². The summed E-state index contributed by atoms with van der Waals surface area (Å²) < 4.78 is 5.55. The first kappa shape index (κ1) is 18.3. The summed E-state index contributed by atoms with van der Waals surface area (Å²) in [5.41, 5.74) is 3.88. The van der Waals surface area contributed by atoms with Crippen LogP contribution >= 0.6 is 0 Å². The molecule has 0 aromatic heterocycles. The molecule has 1 atom stereocenters. The van der Waals surface area contributed by atoms with Crippen molar-refractivity contribution >= 4 is 0 Å². The van der Waals surface area contributed by atoms with Crippen molar-refractivity contribution in [1.82, 2.24) is 0 Å². The van der Waals surface area contributed by atoms with Crippen LogP contribution in [0.3, 0.4) is 0 Å². The number of hydrogen-bond donors (Lipinski definition) is 3. The van der Waals surface area contributed by atoms with Gasteiger partial charge in [-0.2, -0.15) is 0 Å². The number of hydrogen-bond acceptors (Lipinski definition) is 4. The van der Waals surface area contributed by atoms with Crippen LogP contribution in [0.15, 0.2) is 36.4 Å². The SMILES string of the molecule is Cc1cc(C(C)(C)c2ccc(OCC(O)CO)c(C)c2)ccc1O. The Morgan fingerprint density at radius 1 is 1.00 bits per heavy atom. The van der Waals surface area contributed by atoms with Crippen LogP contribution in [0.1, 0.15) is 36.1 Å². The van der Waals surface area contributed by atoms with Gasteiger partial charge in [0.2, 0.25) is 0 Å². The van der Waals surface area contributed by atoms with Crippen molar-refractivity contribution in [1.29, 1.82) is 0 Å². The maximum atomic E-state index is 9.73. The number of phenolic OH excluding ortho intramolecular Hbond substituents is 1. The average Bonchev–Trinajstić information content (AvgIpc) is 2.55. The van der Waals surface area contributed by atoms with Gasteiger partial charge in [0.1, 0.15) is 24.2 Å². The molecule has 4 heteroatoms. The number of benzene rings is 2. The topological polar surface area (TPSA) is 69.9 Å². The standard InChI is InChI=1S/C20H26O4/c1-13-9-15(5-7-18(13)23)20(3,4)16-6-8-19(14(2)10-16)24-12-17(22)11-21/h5-10,17,21-23H,11-12H2,1-4H3. The van der Waals surface area contributed by atoms with Gasteiger partial charge in [0.15, 0.2) is 0 Å². The van der Waals surface area contributed by atoms with E-state index in [2.05, 4.69) is 19.9 Å². The Morgan fingerprint density at radius 3 is 2.12 bits per heavy atom. The van der Waals surface area contributed by atoms with E-state index < -0.39 is 6.10 Å². The largest absolute Gasteiger partial charge is 0.508 e. The molecule has 2 rings (SSSR count). The summed E-state index contributed by atoms with van der Waals surface area (Å²) >= 11 is 0. The molecule has 2 aromatic carbocycles. The molecule has 2 aromatic rings. The van der Waals surface area contributed by atoms with E-state index in [0.29, 0.717) is 11.5 Å². The Morgan fingerprint density at radius 2 is 1.58 bits per heavy atom. The number of aryl methyl sites for hydroxylation is 2. The number of ether oxygens (including phenoxy) is 1. The Bertz CT molecular complexity index is 707. The van der Waals surface area contributed by atoms with Crippen LogP contribution < -0.4 is 4.74 Å². The van der Waals surface area contributed by atoms with Crippen LogP contribution in [0.2, 0.25) is 0 Å². The summed E-state index contributed by atoms with van der Waals surface area (Å²) in [7, 11) is 0. The molecular weight excluding hydrogens is 304 g/mol. The predicted molar refractivity (Wildman–Crippen MR) is 94.7 cm³/mol. The van der Waals surface area contributed by atoms with E-state index in [1.165, 1.54) is 0 Å². The van der Waals surface area contributed by atoms with Crippen LogP contribution in [0.5, 0.6) is 11.5 Å². The van der Waals surface area contributed by atoms with E-state index in [4.69, 9.17) is 9.84 Å². The Hall–Kier alpha value is -2.04. The van der Waals surface area contributed by atoms with Crippen molar-refractivity contribution < 1.29 is 20.1 Å². The molecule has 0 saturated carbocycles. The van der Waals surface area contributed by atoms with Gasteiger partial charge in [-0.05, 0) is 48.2 Å². The minimum absolute atomic E-state index is 0.0667. The smallest absolute Gasteiger partial charge is 0.122 e. The lowest BCUT2D eigenvalue weighted by Crippen LogP contribution is -2.22. The highest BCUT2D eigenvalue weighted by molar-refractivity contribution is 5.46. The first-order chi connectivity index (χ1) is 11.3. The molecule has 0 amide bonds. The van der Waals surface area contributed by atoms with E-state index >= 15 is 0 Å². The van der Waals surface area contributed by atoms with Gasteiger partial charge in [-0.3, -0.25) is 0 Å². The maximum Gasteiger partial charge on any atom is 0.122 e. The van der Waals surface area contributed by atoms with E-state index in [9.17, 15) is 10.2 Å². The molecular formula is C20H26O4. The van der Waals surface area contributed by atoms with E-state index in [1.54, 1.807) is 6.07 Å². The Labute approximate surface area is 143 Å². The molecule has 130 valence electrons. The summed E-state index contributed by atoms with van der Waals surface area (Å²) in [6.45, 7) is 7.89. The minimum Gasteiger partial charge on any atom is -0.508 e. The molecule has 0 heterocycles. The lowest BCUT2D eigenvalue weighted by molar-refractivity contribution is 0.0534. The first-order valence-corrected chi connectivity index (χ1v) is 8.08. The fourth-order valence-corrected chi connectivity index (χ4v) is 2.65. The van der Waals surface area contributed by atoms with E-state index in [-0.39, 0.29) is 18.6 Å². The number of aromatic hydroxyl groups is 1. The second-order valence-electron chi connectivity index (χ2n) is 6.75. The molecule has 0 aliphatic rings. The highest BCUT2D eigenvalue weighted by Gasteiger charge is 2.24. The van der Waals surface area contributed by atoms with E-state index in [0.717, 1.165) is 22.3 Å². The van der Waals surface area contributed by atoms with Gasteiger partial charge in [-0.15, -0.1) is 0 Å². The summed E-state index contributed by atoms with van der Waals surface area (Å²) in [6, 6.07) is 11.7. The van der Waals surface area contributed by atoms with Gasteiger partial charge in [0.05, 0.1) is 6.61 Å². The van der Waals surface area contributed by atoms with Crippen LogP contribution in [-0.4, -0.2) is 34.6 Å². The third-order valence-electron chi connectivity index (χ3n) is 4.46. The van der Waals surface area contributed by atoms with Crippen molar-refractivity contribution in [3.05, 3.63) is 58.7 Å². The molecule has 4 nitrogen and oxygen atoms in total. The van der Waals surface area contributed by atoms with Gasteiger partial charge < -0.3 is 20.1 Å². The second kappa shape index (κ2) is 7.24. The predicted octanol–water partition coefficient (Wildman–Crippen LogP) is 3.07. The van der Waals surface area contributed by atoms with Crippen molar-refractivity contribution in [2.24, 2.45) is 0 Å². The molecule has 0 aliphatic carbocycles. The summed E-state index contributed by atoms with van der Waals surface area (Å²) in [5, 5.41) is 28.0. The Kier molecular flexibility index (Phi) is 5.52. The monoisotopic (exact) mass is 330 g/mol. The van der Waals surface area contributed by atoms with Gasteiger partial charge in [0, 0.05) is 5.41 Å². The number of rotatable bonds is 6. The van der Waals surface area contributed by atoms with Gasteiger partial charge in [-0.25, -0.2) is 0 Å². The summed E-state index contributed by atoms with van der Waals surface area (Å²) in [6.07, 6.45) is -0.875. The molecule has 0 fully saturated rings. The van der Waals surface area contributed by atoms with Crippen molar-refractivity contribution in [2.75, 3.05) is 13.2 Å². The normalized spacial score (nSPS) is 12.9. The number of aliphatic hydroxyl groups excluding tert-OH is 2. The van der Waals surface area contributed by atoms with Crippen molar-refractivity contribution in [3.8, 4) is 11.5 Å². The highest BCUT2D eigenvalue weighted by atomic mass is 16.5. The molecule has 1 unspecified atom stereocenters. The van der Waals surface area contributed by atoms with Gasteiger partial charge in [0.25, 0.3) is 0 Å². The lowest BCUT2D eigenvalue weighted by atomic mass is 9.77. The lowest BCUT2D eigenvalue weighted by Gasteiger charge is -2.27. The third kappa shape index (κ3) is 3.89. The van der Waals surface area contributed by atoms with Gasteiger partial charge in [-0.1, -0.05) is 38.1 Å². The molecule has 3 N–H and O–H groups in total. The third-order valence-corrected chi connectivity index (χ3v) is 4.46. The summed E-state index contributed by atoms with van der Waals surface area (Å²) in [4.78, 5) is 0. The second-order valence-corrected chi connectivity index (χ2v) is 6.75. The molecule has 0 saturated heterocycles. The summed E-state index contributed by atoms with van der Waals surface area (Å²) in [5.74, 6) is 1.00. The van der Waals surface area contributed by atoms with Crippen LogP contribution in [-0.2, 0) is 5.41 Å². The minimum atomic E-state index is -0.875. The van der Waals surface area contributed by atoms with Crippen molar-refractivity contribution in [2.45, 2.75) is 39.2 Å². The average molecular weight is 330 g/mol. The fourth-order valence-electron chi connectivity index (χ4n) is 2.65. The zero-order valence-electron chi connectivity index (χ0n) is 14.7. The molecule has 0 aliphatic heterocycles. The van der Waals surface area contributed by atoms with Crippen molar-refractivity contribution in [3.63, 3.8) is 0 Å². The molecule has 0 bridgehead atoms. The fraction of sp³-hybridized carbons (Fsp3) is 0.400. The first-order valence-electron chi connectivity index (χ1n) is 8.08. The van der Waals surface area contributed by atoms with Gasteiger partial charge >= 0.3 is 0 Å². The van der Waals surface area contributed by atoms with Crippen LogP contribution in [0, 0.1) is 13.8 Å². The van der Waals surface area contributed by atoms with E-state index in [1.807, 2.05) is 38.1 Å². The molecule has 0 spiro atoms. The van der Waals surface area contributed by atoms with Crippen LogP contribution in [0.4, 0.5) is 0 Å². The number of phenols is 1. The molecule has 0 radical (unpaired) electrons. The maximum absolute atomic E-state index is 9.73. The molecule has 24 heavy (non-hydrogen) atoms. The zero-order valence-corrected chi connectivity index (χ0v) is 14.7. The number of aliphatic hydroxyl groups is 2. The quantitative estimate of drug-likeness (QED) is 0.761. The Balaban J connectivity index is 2.27. The zero-order chi connectivity index (χ0) is 17.9.